The van der Waals surface area contributed by atoms with E-state index in [1.807, 2.05) is 0 Å². The zero-order chi connectivity index (χ0) is 28.6. The van der Waals surface area contributed by atoms with Crippen LogP contribution in [0.3, 0.4) is 0 Å². The van der Waals surface area contributed by atoms with Crippen molar-refractivity contribution < 1.29 is 34.5 Å². The van der Waals surface area contributed by atoms with Gasteiger partial charge in [0, 0.05) is 22.4 Å². The molecule has 2 aliphatic rings. The molecule has 2 amide bonds. The van der Waals surface area contributed by atoms with Gasteiger partial charge in [-0.1, -0.05) is 28.3 Å². The number of aromatic nitrogens is 3. The predicted molar refractivity (Wildman–Crippen MR) is 149 cm³/mol. The lowest BCUT2D eigenvalue weighted by Crippen LogP contribution is -2.71. The van der Waals surface area contributed by atoms with E-state index in [-0.39, 0.29) is 39.5 Å². The number of anilines is 1. The lowest BCUT2D eigenvalue weighted by Gasteiger charge is -2.49. The summed E-state index contributed by atoms with van der Waals surface area (Å²) in [6.45, 7) is 0. The number of amides is 2. The quantitative estimate of drug-likeness (QED) is 0.0755. The maximum Gasteiger partial charge on any atom is 0.352 e. The van der Waals surface area contributed by atoms with Crippen LogP contribution in [0.5, 0.6) is 11.5 Å². The van der Waals surface area contributed by atoms with Gasteiger partial charge in [-0.25, -0.2) is 9.78 Å². The number of nitrogens with two attached hydrogens (primary N) is 1. The standard InChI is InChI=1S/C22H19N7O7S4/c1-36-28-13(10-7-38-21(23)24-10)16(32)25-14-18(33)29-15(20(34)35)9(5-37-19(14)29)6-39-22-27-26-17(40-22)8-2-3-11(30)12(31)4-8/h2-4,7,14,19,30-31H,5-6H2,1H3,(H2,23,24)(H,25,32)(H,34,35)/t14-,19+/m1/s1. The van der Waals surface area contributed by atoms with Crippen molar-refractivity contribution in [1.82, 2.24) is 25.4 Å². The Bertz CT molecular complexity index is 1570. The van der Waals surface area contributed by atoms with E-state index >= 15 is 0 Å². The minimum Gasteiger partial charge on any atom is -0.504 e. The molecule has 18 heteroatoms. The number of phenols is 2. The molecule has 3 aromatic rings. The molecular weight excluding hydrogens is 603 g/mol. The maximum atomic E-state index is 13.0. The number of carbonyl (C=O) groups is 3. The van der Waals surface area contributed by atoms with E-state index in [1.54, 1.807) is 6.07 Å². The van der Waals surface area contributed by atoms with Crippen LogP contribution in [0.25, 0.3) is 10.6 Å². The van der Waals surface area contributed by atoms with E-state index < -0.39 is 29.2 Å². The Morgan fingerprint density at radius 3 is 2.77 bits per heavy atom. The highest BCUT2D eigenvalue weighted by Crippen LogP contribution is 2.42. The second-order valence-electron chi connectivity index (χ2n) is 8.18. The van der Waals surface area contributed by atoms with E-state index in [1.165, 1.54) is 64.4 Å². The normalized spacial score (nSPS) is 18.8. The van der Waals surface area contributed by atoms with Crippen molar-refractivity contribution in [2.24, 2.45) is 5.16 Å². The number of nitrogen functional groups attached to an aromatic ring is 1. The summed E-state index contributed by atoms with van der Waals surface area (Å²) in [5, 5.41) is 45.4. The fraction of sp³-hybridized carbons (Fsp3) is 0.227. The Morgan fingerprint density at radius 1 is 1.30 bits per heavy atom. The molecule has 6 N–H and O–H groups in total. The molecule has 2 aliphatic heterocycles. The minimum atomic E-state index is -1.25. The van der Waals surface area contributed by atoms with Crippen LogP contribution in [-0.2, 0) is 19.2 Å². The summed E-state index contributed by atoms with van der Waals surface area (Å²) >= 11 is 4.94. The number of oxime groups is 1. The van der Waals surface area contributed by atoms with Gasteiger partial charge in [0.1, 0.15) is 34.9 Å². The molecule has 0 aliphatic carbocycles. The monoisotopic (exact) mass is 621 g/mol. The van der Waals surface area contributed by atoms with Crippen molar-refractivity contribution >= 4 is 74.8 Å². The van der Waals surface area contributed by atoms with Gasteiger partial charge in [-0.3, -0.25) is 14.5 Å². The van der Waals surface area contributed by atoms with E-state index in [4.69, 9.17) is 10.6 Å². The van der Waals surface area contributed by atoms with Crippen molar-refractivity contribution in [3.8, 4) is 22.1 Å². The lowest BCUT2D eigenvalue weighted by molar-refractivity contribution is -0.150. The largest absolute Gasteiger partial charge is 0.504 e. The third-order valence-corrected chi connectivity index (χ3v) is 9.90. The number of carbonyl (C=O) groups excluding carboxylic acids is 2. The number of nitrogens with one attached hydrogen (secondary N) is 1. The molecule has 1 aromatic carbocycles. The third kappa shape index (κ3) is 5.29. The third-order valence-electron chi connectivity index (χ3n) is 5.70. The smallest absolute Gasteiger partial charge is 0.352 e. The average Bonchev–Trinajstić information content (AvgIpc) is 3.59. The van der Waals surface area contributed by atoms with Gasteiger partial charge in [-0.2, -0.15) is 0 Å². The number of carboxylic acids is 1. The zero-order valence-corrected chi connectivity index (χ0v) is 23.6. The number of phenolic OH excluding ortho intramolecular Hbond substituents is 2. The van der Waals surface area contributed by atoms with Crippen molar-refractivity contribution in [3.05, 3.63) is 40.5 Å². The first-order valence-corrected chi connectivity index (χ1v) is 14.9. The van der Waals surface area contributed by atoms with Crippen LogP contribution in [0, 0.1) is 0 Å². The number of carboxylic acid groups (broad SMARTS) is 1. The number of hydrogen-bond acceptors (Lipinski definition) is 15. The summed E-state index contributed by atoms with van der Waals surface area (Å²) in [5.41, 5.74) is 6.64. The van der Waals surface area contributed by atoms with Crippen molar-refractivity contribution in [3.63, 3.8) is 0 Å². The minimum absolute atomic E-state index is 0.127. The van der Waals surface area contributed by atoms with Crippen molar-refractivity contribution in [2.45, 2.75) is 15.8 Å². The van der Waals surface area contributed by atoms with Crippen LogP contribution in [0.15, 0.2) is 44.3 Å². The number of benzene rings is 1. The molecule has 0 spiro atoms. The Hall–Kier alpha value is -3.87. The molecule has 2 aromatic heterocycles. The van der Waals surface area contributed by atoms with E-state index in [2.05, 4.69) is 25.7 Å². The molecule has 0 unspecified atom stereocenters. The summed E-state index contributed by atoms with van der Waals surface area (Å²) in [6, 6.07) is 3.34. The fourth-order valence-corrected chi connectivity index (χ4v) is 7.77. The van der Waals surface area contributed by atoms with Gasteiger partial charge in [0.2, 0.25) is 0 Å². The number of hydrogen-bond donors (Lipinski definition) is 5. The number of β-lactam (4-membered cyclic amide) rings is 1. The van der Waals surface area contributed by atoms with Crippen LogP contribution < -0.4 is 11.1 Å². The van der Waals surface area contributed by atoms with Crippen LogP contribution in [0.1, 0.15) is 5.69 Å². The molecular formula is C22H19N7O7S4. The Kier molecular flexibility index (Phi) is 7.83. The number of aliphatic carboxylic acids is 1. The Labute approximate surface area is 241 Å². The molecule has 14 nitrogen and oxygen atoms in total. The van der Waals surface area contributed by atoms with E-state index in [0.29, 0.717) is 26.2 Å². The second-order valence-corrected chi connectivity index (χ2v) is 12.4. The molecule has 208 valence electrons. The average molecular weight is 622 g/mol. The predicted octanol–water partition coefficient (Wildman–Crippen LogP) is 1.54. The fourth-order valence-electron chi connectivity index (χ4n) is 3.89. The van der Waals surface area contributed by atoms with Crippen LogP contribution in [0.2, 0.25) is 0 Å². The number of thiazole rings is 1. The molecule has 0 bridgehead atoms. The molecule has 40 heavy (non-hydrogen) atoms. The van der Waals surface area contributed by atoms with Gasteiger partial charge in [0.05, 0.1) is 0 Å². The SMILES string of the molecule is CON=C(C(=O)N[C@@H]1C(=O)N2C(C(=O)O)=C(CSc3nnc(-c4ccc(O)c(O)c4)s3)CS[C@@H]12)c1csc(N)n1. The summed E-state index contributed by atoms with van der Waals surface area (Å²) in [7, 11) is 1.26. The number of aromatic hydroxyl groups is 2. The van der Waals surface area contributed by atoms with E-state index in [0.717, 1.165) is 11.3 Å². The molecule has 0 radical (unpaired) electrons. The van der Waals surface area contributed by atoms with Crippen molar-refractivity contribution in [1.29, 1.82) is 0 Å². The van der Waals surface area contributed by atoms with Gasteiger partial charge < -0.3 is 31.2 Å². The maximum absolute atomic E-state index is 13.0. The Balaban J connectivity index is 1.28. The molecule has 1 saturated heterocycles. The highest BCUT2D eigenvalue weighted by atomic mass is 32.2. The first-order chi connectivity index (χ1) is 19.2. The highest BCUT2D eigenvalue weighted by molar-refractivity contribution is 8.01. The van der Waals surface area contributed by atoms with Gasteiger partial charge in [0.15, 0.2) is 26.7 Å². The summed E-state index contributed by atoms with van der Waals surface area (Å²) in [5.74, 6) is -2.50. The van der Waals surface area contributed by atoms with Crippen LogP contribution in [0.4, 0.5) is 5.13 Å². The molecule has 2 atom stereocenters. The Morgan fingerprint density at radius 2 is 2.10 bits per heavy atom. The van der Waals surface area contributed by atoms with Crippen LogP contribution >= 0.6 is 46.2 Å². The molecule has 0 saturated carbocycles. The first kappa shape index (κ1) is 27.7. The second kappa shape index (κ2) is 11.3. The number of rotatable bonds is 9. The number of fused-ring (bicyclic) bond motifs is 1. The molecule has 1 fully saturated rings. The lowest BCUT2D eigenvalue weighted by atomic mass is 10.0. The first-order valence-electron chi connectivity index (χ1n) is 11.2. The van der Waals surface area contributed by atoms with Crippen molar-refractivity contribution in [2.75, 3.05) is 24.3 Å². The molecule has 4 heterocycles. The zero-order valence-electron chi connectivity index (χ0n) is 20.3. The number of thioether (sulfide) groups is 2. The van der Waals surface area contributed by atoms with Gasteiger partial charge in [-0.05, 0) is 23.8 Å². The number of nitrogens with zero attached hydrogens (tertiary/aromatic N) is 5. The highest BCUT2D eigenvalue weighted by Gasteiger charge is 2.54. The summed E-state index contributed by atoms with van der Waals surface area (Å²) < 4.78 is 0.555. The van der Waals surface area contributed by atoms with E-state index in [9.17, 15) is 29.7 Å². The van der Waals surface area contributed by atoms with Gasteiger partial charge in [-0.15, -0.1) is 33.3 Å². The van der Waals surface area contributed by atoms with Crippen LogP contribution in [-0.4, -0.2) is 88.9 Å². The van der Waals surface area contributed by atoms with Gasteiger partial charge in [0.25, 0.3) is 11.8 Å². The summed E-state index contributed by atoms with van der Waals surface area (Å²) in [4.78, 5) is 48.1. The summed E-state index contributed by atoms with van der Waals surface area (Å²) in [6.07, 6.45) is 0. The molecule has 5 rings (SSSR count). The topological polar surface area (TPSA) is 213 Å². The van der Waals surface area contributed by atoms with Gasteiger partial charge >= 0.3 is 5.97 Å².